The fourth-order valence-corrected chi connectivity index (χ4v) is 8.94. The first-order chi connectivity index (χ1) is 28.8. The van der Waals surface area contributed by atoms with E-state index >= 15 is 0 Å². The number of hydrogen-bond acceptors (Lipinski definition) is 2. The van der Waals surface area contributed by atoms with E-state index in [9.17, 15) is 0 Å². The van der Waals surface area contributed by atoms with Crippen molar-refractivity contribution in [3.63, 3.8) is 0 Å². The van der Waals surface area contributed by atoms with E-state index in [4.69, 9.17) is 0 Å². The molecular formula is C58H96N2. The standard InChI is InChI=1S/C58H96N2/c1-48(2)23-12-24-49(3)25-13-26-50(4)27-14-28-51(5)29-15-30-52(6)31-16-32-53(7)33-17-34-54(8)35-18-36-55(9)37-19-38-56(10)39-20-40-57(11)41-44-59-47-58-42-21-45-60(58)46-22-43-58/h23,25,27,29,31,33,35,37,39,41,59H,12-22,24,26,28,30,32,34,36,38,40,42-47H2,1-11H3. The van der Waals surface area contributed by atoms with Crippen LogP contribution in [0.5, 0.6) is 0 Å². The molecule has 0 aromatic heterocycles. The summed E-state index contributed by atoms with van der Waals surface area (Å²) in [5.41, 5.74) is 15.7. The van der Waals surface area contributed by atoms with Gasteiger partial charge >= 0.3 is 0 Å². The number of allylic oxidation sites excluding steroid dienone is 19. The minimum atomic E-state index is 0.485. The van der Waals surface area contributed by atoms with Gasteiger partial charge in [-0.15, -0.1) is 0 Å². The minimum Gasteiger partial charge on any atom is -0.311 e. The lowest BCUT2D eigenvalue weighted by Crippen LogP contribution is -2.46. The van der Waals surface area contributed by atoms with Crippen LogP contribution >= 0.6 is 0 Å². The van der Waals surface area contributed by atoms with E-state index in [1.807, 2.05) is 0 Å². The van der Waals surface area contributed by atoms with Gasteiger partial charge in [-0.2, -0.15) is 0 Å². The maximum absolute atomic E-state index is 3.77. The van der Waals surface area contributed by atoms with Gasteiger partial charge in [0.1, 0.15) is 0 Å². The smallest absolute Gasteiger partial charge is 0.0335 e. The van der Waals surface area contributed by atoms with Crippen LogP contribution in [-0.2, 0) is 0 Å². The van der Waals surface area contributed by atoms with E-state index < -0.39 is 0 Å². The Morgan fingerprint density at radius 2 is 0.617 bits per heavy atom. The molecule has 2 fully saturated rings. The molecule has 2 rings (SSSR count). The van der Waals surface area contributed by atoms with Crippen LogP contribution in [0.3, 0.4) is 0 Å². The Morgan fingerprint density at radius 3 is 0.883 bits per heavy atom. The zero-order valence-electron chi connectivity index (χ0n) is 41.6. The van der Waals surface area contributed by atoms with E-state index in [1.165, 1.54) is 178 Å². The molecule has 0 radical (unpaired) electrons. The van der Waals surface area contributed by atoms with E-state index in [0.717, 1.165) is 45.1 Å². The molecule has 60 heavy (non-hydrogen) atoms. The van der Waals surface area contributed by atoms with Crippen molar-refractivity contribution in [3.8, 4) is 0 Å². The predicted octanol–water partition coefficient (Wildman–Crippen LogP) is 17.7. The van der Waals surface area contributed by atoms with Crippen molar-refractivity contribution in [3.05, 3.63) is 116 Å². The zero-order valence-corrected chi connectivity index (χ0v) is 41.6. The molecule has 2 heterocycles. The largest absolute Gasteiger partial charge is 0.311 e. The molecule has 0 aliphatic carbocycles. The van der Waals surface area contributed by atoms with Crippen molar-refractivity contribution in [1.82, 2.24) is 10.2 Å². The van der Waals surface area contributed by atoms with Crippen molar-refractivity contribution < 1.29 is 0 Å². The van der Waals surface area contributed by atoms with Crippen molar-refractivity contribution in [1.29, 1.82) is 0 Å². The van der Waals surface area contributed by atoms with Crippen LogP contribution in [0, 0.1) is 0 Å². The quantitative estimate of drug-likeness (QED) is 0.0554. The Morgan fingerprint density at radius 1 is 0.367 bits per heavy atom. The average molecular weight is 821 g/mol. The van der Waals surface area contributed by atoms with Gasteiger partial charge in [0.25, 0.3) is 0 Å². The SMILES string of the molecule is CC(C)=CCCC(C)=CCCC(C)=CCCC(C)=CCCC(C)=CCCC(C)=CCCC(C)=CCCC(C)=CCCC(C)=CCCC(C)=CCNCC12CCCN1CCC2. The summed E-state index contributed by atoms with van der Waals surface area (Å²) in [6.07, 6.45) is 51.2. The normalized spacial score (nSPS) is 17.9. The summed E-state index contributed by atoms with van der Waals surface area (Å²) >= 11 is 0. The second kappa shape index (κ2) is 32.1. The maximum atomic E-state index is 3.77. The molecule has 2 heteroatoms. The Kier molecular flexibility index (Phi) is 28.6. The van der Waals surface area contributed by atoms with Gasteiger partial charge < -0.3 is 5.32 Å². The van der Waals surface area contributed by atoms with Crippen LogP contribution in [0.2, 0.25) is 0 Å². The number of nitrogens with one attached hydrogen (secondary N) is 1. The van der Waals surface area contributed by atoms with Gasteiger partial charge in [0.15, 0.2) is 0 Å². The average Bonchev–Trinajstić information content (AvgIpc) is 3.77. The lowest BCUT2D eigenvalue weighted by molar-refractivity contribution is 0.192. The first-order valence-electron chi connectivity index (χ1n) is 24.8. The fourth-order valence-electron chi connectivity index (χ4n) is 8.94. The van der Waals surface area contributed by atoms with Gasteiger partial charge in [0.2, 0.25) is 0 Å². The monoisotopic (exact) mass is 821 g/mol. The summed E-state index contributed by atoms with van der Waals surface area (Å²) in [6, 6.07) is 0. The maximum Gasteiger partial charge on any atom is 0.0335 e. The van der Waals surface area contributed by atoms with Crippen LogP contribution in [0.1, 0.15) is 217 Å². The molecule has 2 aliphatic rings. The summed E-state index contributed by atoms with van der Waals surface area (Å²) < 4.78 is 0. The molecule has 0 atom stereocenters. The highest BCUT2D eigenvalue weighted by atomic mass is 15.3. The molecule has 0 unspecified atom stereocenters. The third-order valence-corrected chi connectivity index (χ3v) is 13.2. The van der Waals surface area contributed by atoms with Crippen molar-refractivity contribution in [2.75, 3.05) is 26.2 Å². The Balaban J connectivity index is 1.52. The molecule has 0 bridgehead atoms. The summed E-state index contributed by atoms with van der Waals surface area (Å²) in [5, 5.41) is 3.77. The fraction of sp³-hybridized carbons (Fsp3) is 0.655. The lowest BCUT2D eigenvalue weighted by atomic mass is 9.94. The van der Waals surface area contributed by atoms with Crippen LogP contribution in [0.25, 0.3) is 0 Å². The molecule has 338 valence electrons. The van der Waals surface area contributed by atoms with Crippen molar-refractivity contribution in [2.45, 2.75) is 223 Å². The molecule has 0 aromatic carbocycles. The number of fused-ring (bicyclic) bond motifs is 1. The van der Waals surface area contributed by atoms with Crippen LogP contribution < -0.4 is 5.32 Å². The van der Waals surface area contributed by atoms with Gasteiger partial charge in [-0.3, -0.25) is 4.90 Å². The molecule has 0 saturated carbocycles. The highest BCUT2D eigenvalue weighted by Crippen LogP contribution is 2.38. The zero-order chi connectivity index (χ0) is 44.0. The molecule has 1 N–H and O–H groups in total. The van der Waals surface area contributed by atoms with E-state index in [1.54, 1.807) is 0 Å². The predicted molar refractivity (Wildman–Crippen MR) is 272 cm³/mol. The molecule has 2 saturated heterocycles. The Labute approximate surface area is 374 Å². The summed E-state index contributed by atoms with van der Waals surface area (Å²) in [4.78, 5) is 2.75. The third-order valence-electron chi connectivity index (χ3n) is 13.2. The van der Waals surface area contributed by atoms with Crippen LogP contribution in [0.4, 0.5) is 0 Å². The van der Waals surface area contributed by atoms with E-state index in [0.29, 0.717) is 5.54 Å². The van der Waals surface area contributed by atoms with Gasteiger partial charge in [-0.25, -0.2) is 0 Å². The van der Waals surface area contributed by atoms with Crippen LogP contribution in [0.15, 0.2) is 116 Å². The number of nitrogens with zero attached hydrogens (tertiary/aromatic N) is 1. The molecule has 0 amide bonds. The first kappa shape index (κ1) is 53.5. The minimum absolute atomic E-state index is 0.485. The Bertz CT molecular complexity index is 1530. The second-order valence-corrected chi connectivity index (χ2v) is 19.6. The molecular weight excluding hydrogens is 725 g/mol. The lowest BCUT2D eigenvalue weighted by Gasteiger charge is -2.32. The summed E-state index contributed by atoms with van der Waals surface area (Å²) in [7, 11) is 0. The van der Waals surface area contributed by atoms with Gasteiger partial charge in [0, 0.05) is 18.6 Å². The van der Waals surface area contributed by atoms with Crippen molar-refractivity contribution in [2.24, 2.45) is 0 Å². The highest BCUT2D eigenvalue weighted by Gasteiger charge is 2.43. The second-order valence-electron chi connectivity index (χ2n) is 19.6. The molecule has 0 spiro atoms. The van der Waals surface area contributed by atoms with Gasteiger partial charge in [-0.05, 0) is 231 Å². The summed E-state index contributed by atoms with van der Waals surface area (Å²) in [6.45, 7) is 30.0. The number of hydrogen-bond donors (Lipinski definition) is 1. The summed E-state index contributed by atoms with van der Waals surface area (Å²) in [5.74, 6) is 0. The third kappa shape index (κ3) is 25.9. The highest BCUT2D eigenvalue weighted by molar-refractivity contribution is 5.11. The van der Waals surface area contributed by atoms with E-state index in [2.05, 4.69) is 147 Å². The number of rotatable bonds is 31. The molecule has 2 aliphatic heterocycles. The Hall–Kier alpha value is -2.68. The van der Waals surface area contributed by atoms with Gasteiger partial charge in [-0.1, -0.05) is 116 Å². The van der Waals surface area contributed by atoms with Crippen LogP contribution in [-0.4, -0.2) is 36.6 Å². The topological polar surface area (TPSA) is 15.3 Å². The van der Waals surface area contributed by atoms with Crippen molar-refractivity contribution >= 4 is 0 Å². The van der Waals surface area contributed by atoms with E-state index in [-0.39, 0.29) is 0 Å². The van der Waals surface area contributed by atoms with Gasteiger partial charge in [0.05, 0.1) is 0 Å². The molecule has 2 nitrogen and oxygen atoms in total. The molecule has 0 aromatic rings. The first-order valence-corrected chi connectivity index (χ1v) is 24.8.